The number of carbonyl (C=O) groups excluding carboxylic acids is 2. The molecule has 0 radical (unpaired) electrons. The van der Waals surface area contributed by atoms with Gasteiger partial charge in [0.05, 0.1) is 5.69 Å². The fraction of sp³-hybridized carbons (Fsp3) is 0.136. The first kappa shape index (κ1) is 18.4. The number of furan rings is 1. The van der Waals surface area contributed by atoms with E-state index in [1.165, 1.54) is 11.3 Å². The first-order valence-corrected chi connectivity index (χ1v) is 10.3. The molecule has 2 aromatic heterocycles. The number of carbonyl (C=O) groups is 2. The zero-order chi connectivity index (χ0) is 20.5. The molecule has 7 nitrogen and oxygen atoms in total. The minimum Gasteiger partial charge on any atom is -0.482 e. The summed E-state index contributed by atoms with van der Waals surface area (Å²) >= 11 is 1.33. The molecular formula is C22H17N3O4S. The monoisotopic (exact) mass is 419 g/mol. The number of para-hydroxylation sites is 3. The Hall–Kier alpha value is -3.65. The highest BCUT2D eigenvalue weighted by Gasteiger charge is 2.25. The Balaban J connectivity index is 1.24. The van der Waals surface area contributed by atoms with Crippen LogP contribution in [0.1, 0.15) is 6.42 Å². The molecule has 150 valence electrons. The molecule has 0 saturated carbocycles. The highest BCUT2D eigenvalue weighted by atomic mass is 32.1. The van der Waals surface area contributed by atoms with Gasteiger partial charge in [0, 0.05) is 23.7 Å². The maximum atomic E-state index is 12.4. The zero-order valence-electron chi connectivity index (χ0n) is 15.8. The van der Waals surface area contributed by atoms with Gasteiger partial charge in [-0.3, -0.25) is 9.59 Å². The Morgan fingerprint density at radius 1 is 1.17 bits per heavy atom. The van der Waals surface area contributed by atoms with E-state index in [0.717, 1.165) is 11.0 Å². The van der Waals surface area contributed by atoms with Gasteiger partial charge < -0.3 is 19.4 Å². The van der Waals surface area contributed by atoms with E-state index < -0.39 is 0 Å². The first-order valence-electron chi connectivity index (χ1n) is 9.44. The Morgan fingerprint density at radius 2 is 2.00 bits per heavy atom. The SMILES string of the molecule is O=C(CCN1C(=O)COc2ccccc21)Nc1nc(-c2cc3ccccc3o2)cs1. The Kier molecular flexibility index (Phi) is 4.68. The summed E-state index contributed by atoms with van der Waals surface area (Å²) in [6.45, 7) is 0.249. The summed E-state index contributed by atoms with van der Waals surface area (Å²) in [7, 11) is 0. The third kappa shape index (κ3) is 3.53. The van der Waals surface area contributed by atoms with E-state index >= 15 is 0 Å². The second-order valence-corrected chi connectivity index (χ2v) is 7.64. The molecule has 1 N–H and O–H groups in total. The number of thiazole rings is 1. The summed E-state index contributed by atoms with van der Waals surface area (Å²) in [4.78, 5) is 30.7. The van der Waals surface area contributed by atoms with Crippen LogP contribution < -0.4 is 15.0 Å². The van der Waals surface area contributed by atoms with Gasteiger partial charge in [-0.1, -0.05) is 30.3 Å². The summed E-state index contributed by atoms with van der Waals surface area (Å²) in [5.74, 6) is 0.927. The number of ether oxygens (including phenoxy) is 1. The molecule has 8 heteroatoms. The second kappa shape index (κ2) is 7.64. The molecule has 0 bridgehead atoms. The lowest BCUT2D eigenvalue weighted by atomic mass is 10.2. The van der Waals surface area contributed by atoms with Gasteiger partial charge in [0.25, 0.3) is 5.91 Å². The third-order valence-electron chi connectivity index (χ3n) is 4.80. The molecule has 2 amide bonds. The molecule has 0 spiro atoms. The van der Waals surface area contributed by atoms with Crippen LogP contribution in [0.15, 0.2) is 64.4 Å². The number of fused-ring (bicyclic) bond motifs is 2. The molecule has 1 aliphatic heterocycles. The van der Waals surface area contributed by atoms with Crippen molar-refractivity contribution in [3.63, 3.8) is 0 Å². The zero-order valence-corrected chi connectivity index (χ0v) is 16.6. The Bertz CT molecular complexity index is 1210. The summed E-state index contributed by atoms with van der Waals surface area (Å²) in [5.41, 5.74) is 2.15. The highest BCUT2D eigenvalue weighted by molar-refractivity contribution is 7.14. The van der Waals surface area contributed by atoms with Crippen LogP contribution in [-0.4, -0.2) is 29.9 Å². The maximum Gasteiger partial charge on any atom is 0.265 e. The van der Waals surface area contributed by atoms with Crippen molar-refractivity contribution in [2.75, 3.05) is 23.4 Å². The number of rotatable bonds is 5. The largest absolute Gasteiger partial charge is 0.482 e. The van der Waals surface area contributed by atoms with E-state index in [0.29, 0.717) is 28.0 Å². The lowest BCUT2D eigenvalue weighted by molar-refractivity contribution is -0.121. The van der Waals surface area contributed by atoms with Gasteiger partial charge in [0.2, 0.25) is 5.91 Å². The number of nitrogens with zero attached hydrogens (tertiary/aromatic N) is 2. The van der Waals surface area contributed by atoms with Crippen LogP contribution >= 0.6 is 11.3 Å². The van der Waals surface area contributed by atoms with Crippen molar-refractivity contribution in [3.05, 3.63) is 60.0 Å². The summed E-state index contributed by atoms with van der Waals surface area (Å²) in [6.07, 6.45) is 0.152. The van der Waals surface area contributed by atoms with Gasteiger partial charge in [-0.2, -0.15) is 0 Å². The van der Waals surface area contributed by atoms with Crippen LogP contribution in [0.4, 0.5) is 10.8 Å². The van der Waals surface area contributed by atoms with Crippen molar-refractivity contribution in [2.24, 2.45) is 0 Å². The van der Waals surface area contributed by atoms with Gasteiger partial charge in [-0.15, -0.1) is 11.3 Å². The van der Waals surface area contributed by atoms with Crippen LogP contribution in [0.5, 0.6) is 5.75 Å². The molecular weight excluding hydrogens is 402 g/mol. The van der Waals surface area contributed by atoms with E-state index in [1.807, 2.05) is 60.0 Å². The van der Waals surface area contributed by atoms with Gasteiger partial charge in [-0.25, -0.2) is 4.98 Å². The number of anilines is 2. The van der Waals surface area contributed by atoms with Crippen molar-refractivity contribution in [1.82, 2.24) is 4.98 Å². The van der Waals surface area contributed by atoms with E-state index in [1.54, 1.807) is 4.90 Å². The van der Waals surface area contributed by atoms with Gasteiger partial charge in [0.1, 0.15) is 17.0 Å². The second-order valence-electron chi connectivity index (χ2n) is 6.79. The lowest BCUT2D eigenvalue weighted by Crippen LogP contribution is -2.40. The number of hydrogen-bond acceptors (Lipinski definition) is 6. The highest BCUT2D eigenvalue weighted by Crippen LogP contribution is 2.32. The van der Waals surface area contributed by atoms with Crippen LogP contribution in [0.25, 0.3) is 22.4 Å². The molecule has 30 heavy (non-hydrogen) atoms. The number of amides is 2. The first-order chi connectivity index (χ1) is 14.7. The Labute approximate surface area is 175 Å². The van der Waals surface area contributed by atoms with E-state index in [2.05, 4.69) is 10.3 Å². The summed E-state index contributed by atoms with van der Waals surface area (Å²) in [5, 5.41) is 6.14. The van der Waals surface area contributed by atoms with Crippen molar-refractivity contribution < 1.29 is 18.7 Å². The molecule has 0 unspecified atom stereocenters. The van der Waals surface area contributed by atoms with E-state index in [9.17, 15) is 9.59 Å². The minimum absolute atomic E-state index is 0.0219. The van der Waals surface area contributed by atoms with Gasteiger partial charge >= 0.3 is 0 Å². The van der Waals surface area contributed by atoms with Crippen LogP contribution in [0.2, 0.25) is 0 Å². The standard InChI is InChI=1S/C22H17N3O4S/c26-20(9-10-25-16-6-2-4-8-18(16)28-12-21(25)27)24-22-23-15(13-30-22)19-11-14-5-1-3-7-17(14)29-19/h1-8,11,13H,9-10,12H2,(H,23,24,26). The molecule has 0 saturated heterocycles. The number of benzene rings is 2. The lowest BCUT2D eigenvalue weighted by Gasteiger charge is -2.29. The topological polar surface area (TPSA) is 84.7 Å². The molecule has 0 aliphatic carbocycles. The van der Waals surface area contributed by atoms with Crippen LogP contribution in [0, 0.1) is 0 Å². The normalized spacial score (nSPS) is 13.2. The number of nitrogens with one attached hydrogen (secondary N) is 1. The Morgan fingerprint density at radius 3 is 2.90 bits per heavy atom. The third-order valence-corrected chi connectivity index (χ3v) is 5.56. The van der Waals surface area contributed by atoms with Crippen molar-refractivity contribution in [1.29, 1.82) is 0 Å². The van der Waals surface area contributed by atoms with Crippen LogP contribution in [0.3, 0.4) is 0 Å². The fourth-order valence-electron chi connectivity index (χ4n) is 3.35. The molecule has 0 fully saturated rings. The van der Waals surface area contributed by atoms with E-state index in [4.69, 9.17) is 9.15 Å². The summed E-state index contributed by atoms with van der Waals surface area (Å²) in [6, 6.07) is 17.0. The minimum atomic E-state index is -0.211. The summed E-state index contributed by atoms with van der Waals surface area (Å²) < 4.78 is 11.2. The van der Waals surface area contributed by atoms with Crippen molar-refractivity contribution in [3.8, 4) is 17.2 Å². The van der Waals surface area contributed by atoms with Crippen molar-refractivity contribution >= 4 is 44.9 Å². The molecule has 4 aromatic rings. The average molecular weight is 419 g/mol. The fourth-order valence-corrected chi connectivity index (χ4v) is 4.06. The predicted octanol–water partition coefficient (Wildman–Crippen LogP) is 4.31. The number of hydrogen-bond donors (Lipinski definition) is 1. The average Bonchev–Trinajstić information content (AvgIpc) is 3.39. The van der Waals surface area contributed by atoms with Gasteiger partial charge in [0.15, 0.2) is 17.5 Å². The quantitative estimate of drug-likeness (QED) is 0.521. The molecule has 0 atom stereocenters. The van der Waals surface area contributed by atoms with Crippen molar-refractivity contribution in [2.45, 2.75) is 6.42 Å². The molecule has 1 aliphatic rings. The molecule has 3 heterocycles. The maximum absolute atomic E-state index is 12.4. The molecule has 2 aromatic carbocycles. The predicted molar refractivity (Wildman–Crippen MR) is 115 cm³/mol. The van der Waals surface area contributed by atoms with Crippen LogP contribution in [-0.2, 0) is 9.59 Å². The van der Waals surface area contributed by atoms with E-state index in [-0.39, 0.29) is 31.4 Å². The molecule has 5 rings (SSSR count). The number of aromatic nitrogens is 1. The smallest absolute Gasteiger partial charge is 0.265 e. The van der Waals surface area contributed by atoms with Gasteiger partial charge in [-0.05, 0) is 24.3 Å².